The Labute approximate surface area is 114 Å². The number of benzene rings is 1. The van der Waals surface area contributed by atoms with Crippen LogP contribution in [0, 0.1) is 0 Å². The summed E-state index contributed by atoms with van der Waals surface area (Å²) in [5.74, 6) is 0.354. The Kier molecular flexibility index (Phi) is 6.35. The van der Waals surface area contributed by atoms with Gasteiger partial charge in [-0.3, -0.25) is 0 Å². The highest BCUT2D eigenvalue weighted by Gasteiger charge is 2.16. The van der Waals surface area contributed by atoms with Crippen molar-refractivity contribution in [2.24, 2.45) is 0 Å². The van der Waals surface area contributed by atoms with Crippen molar-refractivity contribution in [2.75, 3.05) is 13.2 Å². The minimum absolute atomic E-state index is 0.0344. The van der Waals surface area contributed by atoms with Crippen molar-refractivity contribution in [3.05, 3.63) is 22.2 Å². The Morgan fingerprint density at radius 3 is 2.61 bits per heavy atom. The molecule has 0 aliphatic carbocycles. The lowest BCUT2D eigenvalue weighted by molar-refractivity contribution is -0.0519. The molecule has 0 amide bonds. The molecule has 0 atom stereocenters. The molecule has 0 aliphatic heterocycles. The minimum atomic E-state index is -2.87. The Hall–Kier alpha value is -0.880. The van der Waals surface area contributed by atoms with E-state index in [1.807, 2.05) is 6.92 Å². The maximum absolute atomic E-state index is 12.3. The van der Waals surface area contributed by atoms with E-state index in [1.165, 1.54) is 0 Å². The van der Waals surface area contributed by atoms with Crippen LogP contribution in [-0.2, 0) is 6.54 Å². The third kappa shape index (κ3) is 4.42. The number of rotatable bonds is 7. The highest BCUT2D eigenvalue weighted by Crippen LogP contribution is 2.37. The van der Waals surface area contributed by atoms with E-state index in [4.69, 9.17) is 4.74 Å². The van der Waals surface area contributed by atoms with Gasteiger partial charge in [0.15, 0.2) is 11.5 Å². The van der Waals surface area contributed by atoms with E-state index in [-0.39, 0.29) is 5.75 Å². The first-order valence-corrected chi connectivity index (χ1v) is 6.48. The Balaban J connectivity index is 3.01. The van der Waals surface area contributed by atoms with Crippen molar-refractivity contribution in [2.45, 2.75) is 27.0 Å². The highest BCUT2D eigenvalue weighted by atomic mass is 79.9. The van der Waals surface area contributed by atoms with Crippen LogP contribution >= 0.6 is 15.9 Å². The van der Waals surface area contributed by atoms with Crippen LogP contribution in [0.4, 0.5) is 8.78 Å². The van der Waals surface area contributed by atoms with Crippen molar-refractivity contribution >= 4 is 15.9 Å². The summed E-state index contributed by atoms with van der Waals surface area (Å²) in [5, 5.41) is 3.16. The van der Waals surface area contributed by atoms with Crippen LogP contribution in [0.15, 0.2) is 16.6 Å². The van der Waals surface area contributed by atoms with Crippen molar-refractivity contribution in [1.82, 2.24) is 5.32 Å². The lowest BCUT2D eigenvalue weighted by Crippen LogP contribution is -2.12. The van der Waals surface area contributed by atoms with Crippen molar-refractivity contribution < 1.29 is 18.3 Å². The van der Waals surface area contributed by atoms with Gasteiger partial charge in [-0.25, -0.2) is 0 Å². The number of alkyl halides is 2. The lowest BCUT2D eigenvalue weighted by Gasteiger charge is -2.15. The number of ether oxygens (including phenoxy) is 2. The van der Waals surface area contributed by atoms with Gasteiger partial charge in [0.2, 0.25) is 0 Å². The minimum Gasteiger partial charge on any atom is -0.490 e. The van der Waals surface area contributed by atoms with Gasteiger partial charge in [-0.2, -0.15) is 8.78 Å². The molecule has 6 heteroatoms. The maximum atomic E-state index is 12.3. The summed E-state index contributed by atoms with van der Waals surface area (Å²) in [6, 6.07) is 3.44. The fourth-order valence-electron chi connectivity index (χ4n) is 1.46. The molecule has 0 saturated heterocycles. The molecule has 3 nitrogen and oxygen atoms in total. The molecule has 0 unspecified atom stereocenters. The van der Waals surface area contributed by atoms with Crippen LogP contribution in [0.3, 0.4) is 0 Å². The molecular formula is C12H16BrF2NO2. The monoisotopic (exact) mass is 323 g/mol. The molecule has 0 saturated carbocycles. The van der Waals surface area contributed by atoms with Gasteiger partial charge in [-0.1, -0.05) is 6.92 Å². The first-order valence-electron chi connectivity index (χ1n) is 5.69. The standard InChI is InChI=1S/C12H16BrF2NO2/c1-3-16-7-8-5-9(13)11(18-12(14)15)10(6-8)17-4-2/h5-6,12,16H,3-4,7H2,1-2H3. The molecule has 0 aromatic heterocycles. The Bertz CT molecular complexity index is 389. The zero-order chi connectivity index (χ0) is 13.5. The molecule has 102 valence electrons. The molecule has 18 heavy (non-hydrogen) atoms. The number of nitrogens with one attached hydrogen (secondary N) is 1. The van der Waals surface area contributed by atoms with Crippen LogP contribution < -0.4 is 14.8 Å². The first kappa shape index (κ1) is 15.2. The fourth-order valence-corrected chi connectivity index (χ4v) is 2.04. The molecule has 0 heterocycles. The SMILES string of the molecule is CCNCc1cc(Br)c(OC(F)F)c(OCC)c1. The second-order valence-electron chi connectivity index (χ2n) is 3.50. The summed E-state index contributed by atoms with van der Waals surface area (Å²) in [6.07, 6.45) is 0. The zero-order valence-corrected chi connectivity index (χ0v) is 11.9. The third-order valence-corrected chi connectivity index (χ3v) is 2.74. The van der Waals surface area contributed by atoms with Gasteiger partial charge >= 0.3 is 6.61 Å². The second kappa shape index (κ2) is 7.53. The lowest BCUT2D eigenvalue weighted by atomic mass is 10.2. The molecule has 0 radical (unpaired) electrons. The molecule has 0 fully saturated rings. The molecule has 0 aliphatic rings. The molecule has 1 rings (SSSR count). The van der Waals surface area contributed by atoms with Crippen LogP contribution in [0.25, 0.3) is 0 Å². The summed E-state index contributed by atoms with van der Waals surface area (Å²) >= 11 is 3.22. The average molecular weight is 324 g/mol. The van der Waals surface area contributed by atoms with Gasteiger partial charge < -0.3 is 14.8 Å². The van der Waals surface area contributed by atoms with Crippen LogP contribution in [0.2, 0.25) is 0 Å². The summed E-state index contributed by atoms with van der Waals surface area (Å²) < 4.78 is 34.9. The van der Waals surface area contributed by atoms with Crippen LogP contribution in [-0.4, -0.2) is 19.8 Å². The summed E-state index contributed by atoms with van der Waals surface area (Å²) in [7, 11) is 0. The number of halogens is 3. The Morgan fingerprint density at radius 2 is 2.06 bits per heavy atom. The molecule has 1 aromatic carbocycles. The zero-order valence-electron chi connectivity index (χ0n) is 10.3. The van der Waals surface area contributed by atoms with Crippen molar-refractivity contribution in [3.8, 4) is 11.5 Å². The largest absolute Gasteiger partial charge is 0.490 e. The quantitative estimate of drug-likeness (QED) is 0.832. The van der Waals surface area contributed by atoms with Crippen molar-refractivity contribution in [3.63, 3.8) is 0 Å². The predicted octanol–water partition coefficient (Wildman–Crippen LogP) is 3.56. The number of hydrogen-bond donors (Lipinski definition) is 1. The van der Waals surface area contributed by atoms with Gasteiger partial charge in [0, 0.05) is 6.54 Å². The topological polar surface area (TPSA) is 30.5 Å². The third-order valence-electron chi connectivity index (χ3n) is 2.16. The van der Waals surface area contributed by atoms with Gasteiger partial charge in [0.05, 0.1) is 11.1 Å². The summed E-state index contributed by atoms with van der Waals surface area (Å²) in [5.41, 5.74) is 0.939. The average Bonchev–Trinajstić information content (AvgIpc) is 2.31. The fraction of sp³-hybridized carbons (Fsp3) is 0.500. The van der Waals surface area contributed by atoms with Crippen LogP contribution in [0.5, 0.6) is 11.5 Å². The molecule has 0 spiro atoms. The maximum Gasteiger partial charge on any atom is 0.387 e. The van der Waals surface area contributed by atoms with Crippen molar-refractivity contribution in [1.29, 1.82) is 0 Å². The predicted molar refractivity (Wildman–Crippen MR) is 69.3 cm³/mol. The normalized spacial score (nSPS) is 10.8. The van der Waals surface area contributed by atoms with E-state index >= 15 is 0 Å². The van der Waals surface area contributed by atoms with Gasteiger partial charge in [0.25, 0.3) is 0 Å². The number of hydrogen-bond acceptors (Lipinski definition) is 3. The van der Waals surface area contributed by atoms with E-state index in [0.717, 1.165) is 12.1 Å². The highest BCUT2D eigenvalue weighted by molar-refractivity contribution is 9.10. The smallest absolute Gasteiger partial charge is 0.387 e. The molecular weight excluding hydrogens is 308 g/mol. The molecule has 0 bridgehead atoms. The van der Waals surface area contributed by atoms with E-state index in [9.17, 15) is 8.78 Å². The summed E-state index contributed by atoms with van der Waals surface area (Å²) in [6.45, 7) is 2.77. The van der Waals surface area contributed by atoms with E-state index in [1.54, 1.807) is 19.1 Å². The van der Waals surface area contributed by atoms with Gasteiger partial charge in [-0.05, 0) is 47.1 Å². The van der Waals surface area contributed by atoms with E-state index in [2.05, 4.69) is 26.0 Å². The summed E-state index contributed by atoms with van der Waals surface area (Å²) in [4.78, 5) is 0. The van der Waals surface area contributed by atoms with Gasteiger partial charge in [0.1, 0.15) is 0 Å². The van der Waals surface area contributed by atoms with Crippen LogP contribution in [0.1, 0.15) is 19.4 Å². The molecule has 1 aromatic rings. The second-order valence-corrected chi connectivity index (χ2v) is 4.35. The first-order chi connectivity index (χ1) is 8.58. The van der Waals surface area contributed by atoms with Gasteiger partial charge in [-0.15, -0.1) is 0 Å². The van der Waals surface area contributed by atoms with E-state index < -0.39 is 6.61 Å². The molecule has 1 N–H and O–H groups in total. The Morgan fingerprint density at radius 1 is 1.33 bits per heavy atom. The van der Waals surface area contributed by atoms with E-state index in [0.29, 0.717) is 23.4 Å².